The predicted molar refractivity (Wildman–Crippen MR) is 156 cm³/mol. The third-order valence-corrected chi connectivity index (χ3v) is 9.71. The second-order valence-corrected chi connectivity index (χ2v) is 13.1. The fourth-order valence-corrected chi connectivity index (χ4v) is 7.72. The average Bonchev–Trinajstić information content (AvgIpc) is 3.45. The highest BCUT2D eigenvalue weighted by Crippen LogP contribution is 2.54. The van der Waals surface area contributed by atoms with E-state index in [1.807, 2.05) is 0 Å². The average molecular weight is 669 g/mol. The maximum absolute atomic E-state index is 14.2. The van der Waals surface area contributed by atoms with Crippen molar-refractivity contribution in [2.75, 3.05) is 30.0 Å². The Balaban J connectivity index is 0.000000185. The van der Waals surface area contributed by atoms with Crippen molar-refractivity contribution in [3.63, 3.8) is 0 Å². The van der Waals surface area contributed by atoms with Gasteiger partial charge in [-0.05, 0) is 62.1 Å². The van der Waals surface area contributed by atoms with Crippen LogP contribution in [0.2, 0.25) is 0 Å². The van der Waals surface area contributed by atoms with Crippen LogP contribution in [0.15, 0.2) is 48.5 Å². The van der Waals surface area contributed by atoms with Gasteiger partial charge in [-0.15, -0.1) is 0 Å². The quantitative estimate of drug-likeness (QED) is 0.306. The van der Waals surface area contributed by atoms with Crippen LogP contribution in [-0.4, -0.2) is 60.9 Å². The first-order valence-electron chi connectivity index (χ1n) is 15.2. The van der Waals surface area contributed by atoms with Gasteiger partial charge < -0.3 is 19.6 Å². The summed E-state index contributed by atoms with van der Waals surface area (Å²) in [5, 5.41) is 9.11. The number of esters is 1. The SMILES string of the molecule is COC(=O)[C@@H]1CC(F)(F)C[C@]2(CCN(c3cccc(F)c3)C2=O)C1.O=C(O)[C@@H]1CC(F)(F)C[C@@]2(CCN(c3cccc(F)c3)C2=O)C1. The van der Waals surface area contributed by atoms with Gasteiger partial charge in [0.15, 0.2) is 0 Å². The molecule has 4 fully saturated rings. The monoisotopic (exact) mass is 668 g/mol. The summed E-state index contributed by atoms with van der Waals surface area (Å²) >= 11 is 0. The molecule has 0 aromatic heterocycles. The molecule has 2 aliphatic heterocycles. The molecule has 2 aromatic carbocycles. The highest BCUT2D eigenvalue weighted by molar-refractivity contribution is 6.01. The van der Waals surface area contributed by atoms with Gasteiger partial charge >= 0.3 is 11.9 Å². The minimum absolute atomic E-state index is 0.0416. The molecule has 47 heavy (non-hydrogen) atoms. The number of benzene rings is 2. The number of hydrogen-bond donors (Lipinski definition) is 1. The molecule has 4 aliphatic rings. The molecule has 2 aliphatic carbocycles. The number of halogens is 6. The normalized spacial score (nSPS) is 29.5. The van der Waals surface area contributed by atoms with Crippen molar-refractivity contribution in [3.05, 3.63) is 60.2 Å². The van der Waals surface area contributed by atoms with E-state index in [0.717, 1.165) is 7.11 Å². The van der Waals surface area contributed by atoms with E-state index in [-0.39, 0.29) is 38.8 Å². The molecule has 254 valence electrons. The number of anilines is 2. The maximum atomic E-state index is 14.2. The van der Waals surface area contributed by atoms with Crippen molar-refractivity contribution in [3.8, 4) is 0 Å². The second-order valence-electron chi connectivity index (χ2n) is 13.1. The number of amides is 2. The van der Waals surface area contributed by atoms with Crippen LogP contribution >= 0.6 is 0 Å². The third kappa shape index (κ3) is 6.96. The number of methoxy groups -OCH3 is 1. The van der Waals surface area contributed by atoms with Crippen LogP contribution in [0.1, 0.15) is 51.4 Å². The number of carboxylic acids is 1. The van der Waals surface area contributed by atoms with E-state index in [2.05, 4.69) is 4.74 Å². The topological polar surface area (TPSA) is 104 Å². The molecule has 2 saturated heterocycles. The van der Waals surface area contributed by atoms with Crippen molar-refractivity contribution in [2.24, 2.45) is 22.7 Å². The van der Waals surface area contributed by atoms with Crippen molar-refractivity contribution in [1.29, 1.82) is 0 Å². The maximum Gasteiger partial charge on any atom is 0.308 e. The minimum atomic E-state index is -3.19. The first-order chi connectivity index (χ1) is 22.0. The number of nitrogens with zero attached hydrogens (tertiary/aromatic N) is 2. The number of rotatable bonds is 4. The molecule has 1 N–H and O–H groups in total. The van der Waals surface area contributed by atoms with Crippen LogP contribution in [-0.2, 0) is 23.9 Å². The predicted octanol–water partition coefficient (Wildman–Crippen LogP) is 6.23. The second kappa shape index (κ2) is 12.5. The number of carboxylic acid groups (broad SMARTS) is 1. The fraction of sp³-hybridized carbons (Fsp3) is 0.515. The summed E-state index contributed by atoms with van der Waals surface area (Å²) in [5.41, 5.74) is -2.02. The van der Waals surface area contributed by atoms with Crippen LogP contribution in [0.25, 0.3) is 0 Å². The molecular formula is C33H34F6N2O6. The molecule has 6 rings (SSSR count). The van der Waals surface area contributed by atoms with Gasteiger partial charge in [-0.3, -0.25) is 19.2 Å². The largest absolute Gasteiger partial charge is 0.481 e. The summed E-state index contributed by atoms with van der Waals surface area (Å²) in [4.78, 5) is 51.1. The molecule has 0 unspecified atom stereocenters. The highest BCUT2D eigenvalue weighted by atomic mass is 19.3. The van der Waals surface area contributed by atoms with Crippen LogP contribution in [0, 0.1) is 34.3 Å². The van der Waals surface area contributed by atoms with Crippen LogP contribution in [0.5, 0.6) is 0 Å². The molecule has 2 amide bonds. The Morgan fingerprint density at radius 3 is 1.57 bits per heavy atom. The van der Waals surface area contributed by atoms with E-state index in [0.29, 0.717) is 11.4 Å². The molecule has 4 atom stereocenters. The number of carbonyl (C=O) groups is 4. The van der Waals surface area contributed by atoms with Crippen LogP contribution < -0.4 is 9.80 Å². The van der Waals surface area contributed by atoms with Crippen molar-refractivity contribution < 1.29 is 55.4 Å². The first kappa shape index (κ1) is 34.2. The van der Waals surface area contributed by atoms with E-state index >= 15 is 0 Å². The minimum Gasteiger partial charge on any atom is -0.481 e. The zero-order chi connectivity index (χ0) is 34.4. The van der Waals surface area contributed by atoms with Gasteiger partial charge in [-0.1, -0.05) is 12.1 Å². The van der Waals surface area contributed by atoms with Gasteiger partial charge in [0.2, 0.25) is 23.7 Å². The molecule has 2 aromatic rings. The molecule has 2 spiro atoms. The Morgan fingerprint density at radius 1 is 0.745 bits per heavy atom. The Labute approximate surface area is 266 Å². The summed E-state index contributed by atoms with van der Waals surface area (Å²) in [6.07, 6.45) is -2.26. The molecule has 0 bridgehead atoms. The summed E-state index contributed by atoms with van der Waals surface area (Å²) < 4.78 is 87.7. The molecule has 14 heteroatoms. The lowest BCUT2D eigenvalue weighted by molar-refractivity contribution is -0.163. The van der Waals surface area contributed by atoms with Crippen molar-refractivity contribution in [2.45, 2.75) is 63.2 Å². The van der Waals surface area contributed by atoms with Gasteiger partial charge in [-0.25, -0.2) is 26.3 Å². The number of alkyl halides is 4. The van der Waals surface area contributed by atoms with Gasteiger partial charge in [0.1, 0.15) is 11.6 Å². The van der Waals surface area contributed by atoms with E-state index in [4.69, 9.17) is 5.11 Å². The summed E-state index contributed by atoms with van der Waals surface area (Å²) in [5.74, 6) is -12.6. The standard InChI is InChI=1S/C17H18F3NO3.C16H16F3NO3/c1-24-14(22)11-8-16(10-17(19,20)9-11)5-6-21(15(16)23)13-4-2-3-12(18)7-13;17-11-2-1-3-12(6-11)20-5-4-15(14(20)23)7-10(13(21)22)8-16(18,19)9-15/h2-4,7,11H,5-6,8-10H2,1H3;1-3,6,10H,4-5,7-9H2,(H,21,22)/t11-,16-;10-,15+/m00/s1. The van der Waals surface area contributed by atoms with Gasteiger partial charge in [0, 0.05) is 50.1 Å². The molecule has 8 nitrogen and oxygen atoms in total. The van der Waals surface area contributed by atoms with Crippen LogP contribution in [0.3, 0.4) is 0 Å². The lowest BCUT2D eigenvalue weighted by Crippen LogP contribution is -2.47. The molecule has 2 saturated carbocycles. The van der Waals surface area contributed by atoms with Gasteiger partial charge in [0.25, 0.3) is 0 Å². The lowest BCUT2D eigenvalue weighted by Gasteiger charge is -2.39. The smallest absolute Gasteiger partial charge is 0.308 e. The van der Waals surface area contributed by atoms with E-state index in [1.165, 1.54) is 52.3 Å². The van der Waals surface area contributed by atoms with E-state index in [9.17, 15) is 45.5 Å². The number of ether oxygens (including phenoxy) is 1. The first-order valence-corrected chi connectivity index (χ1v) is 15.2. The summed E-state index contributed by atoms with van der Waals surface area (Å²) in [7, 11) is 1.15. The molecule has 2 heterocycles. The number of hydrogen-bond acceptors (Lipinski definition) is 5. The van der Waals surface area contributed by atoms with Crippen molar-refractivity contribution >= 4 is 35.1 Å². The number of aliphatic carboxylic acids is 1. The summed E-state index contributed by atoms with van der Waals surface area (Å²) in [6, 6.07) is 10.9. The Kier molecular flexibility index (Phi) is 9.10. The Bertz CT molecular complexity index is 1570. The molecular weight excluding hydrogens is 634 g/mol. The third-order valence-electron chi connectivity index (χ3n) is 9.71. The lowest BCUT2D eigenvalue weighted by atomic mass is 9.67. The zero-order valence-electron chi connectivity index (χ0n) is 25.5. The van der Waals surface area contributed by atoms with Gasteiger partial charge in [0.05, 0.1) is 29.8 Å². The zero-order valence-corrected chi connectivity index (χ0v) is 25.5. The number of carbonyl (C=O) groups excluding carboxylic acids is 3. The van der Waals surface area contributed by atoms with Crippen LogP contribution in [0.4, 0.5) is 37.7 Å². The van der Waals surface area contributed by atoms with Crippen molar-refractivity contribution in [1.82, 2.24) is 0 Å². The highest BCUT2D eigenvalue weighted by Gasteiger charge is 2.60. The Morgan fingerprint density at radius 2 is 1.17 bits per heavy atom. The van der Waals surface area contributed by atoms with E-state index in [1.54, 1.807) is 6.07 Å². The Hall–Kier alpha value is -4.10. The summed E-state index contributed by atoms with van der Waals surface area (Å²) in [6.45, 7) is 0.414. The van der Waals surface area contributed by atoms with E-state index < -0.39 is 95.6 Å². The molecule has 0 radical (unpaired) electrons. The van der Waals surface area contributed by atoms with Gasteiger partial charge in [-0.2, -0.15) is 0 Å². The fourth-order valence-electron chi connectivity index (χ4n) is 7.72.